The lowest BCUT2D eigenvalue weighted by molar-refractivity contribution is 0.101. The van der Waals surface area contributed by atoms with E-state index >= 15 is 0 Å². The molecule has 0 heterocycles. The van der Waals surface area contributed by atoms with Gasteiger partial charge in [-0.15, -0.1) is 6.07 Å². The molecule has 2 aromatic rings. The highest BCUT2D eigenvalue weighted by Crippen LogP contribution is 2.20. The highest BCUT2D eigenvalue weighted by atomic mass is 16.1. The smallest absolute Gasteiger partial charge is 0.159 e. The number of carbonyl (C=O) groups excluding carboxylic acids is 1. The van der Waals surface area contributed by atoms with Gasteiger partial charge in [0, 0.05) is 5.56 Å². The largest absolute Gasteiger partial charge is 0.295 e. The molecule has 0 saturated heterocycles. The normalized spacial score (nSPS) is 10.1. The van der Waals surface area contributed by atoms with Gasteiger partial charge in [-0.05, 0) is 6.92 Å². The van der Waals surface area contributed by atoms with Gasteiger partial charge in [-0.1, -0.05) is 29.8 Å². The van der Waals surface area contributed by atoms with Crippen LogP contribution in [0.1, 0.15) is 17.3 Å². The molecule has 70 valence electrons. The fraction of sp³-hybridized carbons (Fsp3) is 0.0769. The number of rotatable bonds is 2. The van der Waals surface area contributed by atoms with E-state index in [0.717, 1.165) is 16.7 Å². The van der Waals surface area contributed by atoms with E-state index in [1.807, 2.05) is 48.5 Å². The van der Waals surface area contributed by atoms with E-state index in [9.17, 15) is 4.79 Å². The molecule has 0 aliphatic rings. The summed E-state index contributed by atoms with van der Waals surface area (Å²) in [6.07, 6.45) is 0. The van der Waals surface area contributed by atoms with Gasteiger partial charge in [0.2, 0.25) is 0 Å². The van der Waals surface area contributed by atoms with Crippen molar-refractivity contribution >= 4 is 5.78 Å². The molecule has 0 aliphatic carbocycles. The summed E-state index contributed by atoms with van der Waals surface area (Å²) in [5, 5.41) is 0. The van der Waals surface area contributed by atoms with Gasteiger partial charge in [-0.2, -0.15) is 23.8 Å². The first-order valence-corrected chi connectivity index (χ1v) is 4.60. The Kier molecular flexibility index (Phi) is 2.23. The molecular weight excluding hydrogens is 172 g/mol. The molecule has 0 atom stereocenters. The summed E-state index contributed by atoms with van der Waals surface area (Å²) in [7, 11) is 0. The van der Waals surface area contributed by atoms with Gasteiger partial charge in [0.15, 0.2) is 5.78 Å². The summed E-state index contributed by atoms with van der Waals surface area (Å²) < 4.78 is 0. The van der Waals surface area contributed by atoms with Crippen LogP contribution in [-0.2, 0) is 0 Å². The molecular formula is C13H11O-. The second-order valence-corrected chi connectivity index (χ2v) is 3.31. The predicted octanol–water partition coefficient (Wildman–Crippen LogP) is 3.28. The van der Waals surface area contributed by atoms with Gasteiger partial charge in [0.1, 0.15) is 0 Å². The van der Waals surface area contributed by atoms with Crippen LogP contribution in [0.25, 0.3) is 11.1 Å². The fourth-order valence-corrected chi connectivity index (χ4v) is 1.48. The van der Waals surface area contributed by atoms with E-state index in [4.69, 9.17) is 0 Å². The molecule has 1 nitrogen and oxygen atoms in total. The summed E-state index contributed by atoms with van der Waals surface area (Å²) >= 11 is 0. The maximum atomic E-state index is 11.2. The lowest BCUT2D eigenvalue weighted by Gasteiger charge is -2.06. The number of ketones is 1. The van der Waals surface area contributed by atoms with Crippen LogP contribution in [0.5, 0.6) is 0 Å². The Balaban J connectivity index is 2.46. The van der Waals surface area contributed by atoms with Gasteiger partial charge >= 0.3 is 0 Å². The molecule has 0 radical (unpaired) electrons. The molecule has 0 aromatic heterocycles. The Bertz CT molecular complexity index is 438. The van der Waals surface area contributed by atoms with Crippen molar-refractivity contribution in [2.45, 2.75) is 6.92 Å². The molecule has 0 aliphatic heterocycles. The molecule has 0 saturated carbocycles. The van der Waals surface area contributed by atoms with Crippen molar-refractivity contribution in [1.29, 1.82) is 0 Å². The van der Waals surface area contributed by atoms with E-state index < -0.39 is 0 Å². The average Bonchev–Trinajstić information content (AvgIpc) is 2.71. The molecule has 0 bridgehead atoms. The van der Waals surface area contributed by atoms with Gasteiger partial charge in [-0.25, -0.2) is 0 Å². The second-order valence-electron chi connectivity index (χ2n) is 3.31. The molecule has 0 fully saturated rings. The molecule has 2 rings (SSSR count). The van der Waals surface area contributed by atoms with Gasteiger partial charge in [0.25, 0.3) is 0 Å². The average molecular weight is 183 g/mol. The van der Waals surface area contributed by atoms with Crippen LogP contribution in [0, 0.1) is 0 Å². The standard InChI is InChI=1S/C13H11O/c1-10(14)12-7-4-8-13(9-12)11-5-2-3-6-11/h2-9H,1H3/q-1. The number of hydrogen-bond acceptors (Lipinski definition) is 1. The fourth-order valence-electron chi connectivity index (χ4n) is 1.48. The molecule has 0 N–H and O–H groups in total. The monoisotopic (exact) mass is 183 g/mol. The van der Waals surface area contributed by atoms with Gasteiger partial charge < -0.3 is 0 Å². The quantitative estimate of drug-likeness (QED) is 0.516. The summed E-state index contributed by atoms with van der Waals surface area (Å²) in [4.78, 5) is 11.2. The topological polar surface area (TPSA) is 17.1 Å². The third-order valence-corrected chi connectivity index (χ3v) is 2.27. The summed E-state index contributed by atoms with van der Waals surface area (Å²) in [5.41, 5.74) is 3.03. The van der Waals surface area contributed by atoms with Crippen LogP contribution in [0.2, 0.25) is 0 Å². The maximum absolute atomic E-state index is 11.2. The van der Waals surface area contributed by atoms with E-state index in [0.29, 0.717) is 0 Å². The highest BCUT2D eigenvalue weighted by Gasteiger charge is 1.97. The van der Waals surface area contributed by atoms with Crippen LogP contribution < -0.4 is 0 Å². The first-order chi connectivity index (χ1) is 6.77. The molecule has 2 aromatic carbocycles. The zero-order chi connectivity index (χ0) is 9.97. The van der Waals surface area contributed by atoms with Crippen molar-refractivity contribution in [2.75, 3.05) is 0 Å². The van der Waals surface area contributed by atoms with E-state index in [-0.39, 0.29) is 5.78 Å². The number of Topliss-reactive ketones (excluding diaryl/α,β-unsaturated/α-hetero) is 1. The van der Waals surface area contributed by atoms with Gasteiger partial charge in [0.05, 0.1) is 0 Å². The van der Waals surface area contributed by atoms with Crippen molar-refractivity contribution in [3.8, 4) is 11.1 Å². The van der Waals surface area contributed by atoms with Crippen molar-refractivity contribution in [2.24, 2.45) is 0 Å². The molecule has 0 amide bonds. The lowest BCUT2D eigenvalue weighted by Crippen LogP contribution is -1.91. The van der Waals surface area contributed by atoms with Crippen molar-refractivity contribution < 1.29 is 4.79 Å². The Hall–Kier alpha value is -1.76. The lowest BCUT2D eigenvalue weighted by atomic mass is 10.0. The van der Waals surface area contributed by atoms with Crippen molar-refractivity contribution in [1.82, 2.24) is 0 Å². The Morgan fingerprint density at radius 1 is 1.21 bits per heavy atom. The summed E-state index contributed by atoms with van der Waals surface area (Å²) in [6.45, 7) is 1.59. The Labute approximate surface area is 83.4 Å². The van der Waals surface area contributed by atoms with Crippen molar-refractivity contribution in [3.05, 3.63) is 54.1 Å². The highest BCUT2D eigenvalue weighted by molar-refractivity contribution is 5.95. The van der Waals surface area contributed by atoms with E-state index in [1.165, 1.54) is 0 Å². The number of benzene rings is 1. The molecule has 1 heteroatoms. The van der Waals surface area contributed by atoms with Crippen LogP contribution >= 0.6 is 0 Å². The molecule has 0 spiro atoms. The first-order valence-electron chi connectivity index (χ1n) is 4.60. The zero-order valence-corrected chi connectivity index (χ0v) is 8.03. The zero-order valence-electron chi connectivity index (χ0n) is 8.03. The molecule has 0 unspecified atom stereocenters. The number of hydrogen-bond donors (Lipinski definition) is 0. The predicted molar refractivity (Wildman–Crippen MR) is 57.5 cm³/mol. The molecule has 14 heavy (non-hydrogen) atoms. The minimum absolute atomic E-state index is 0.110. The minimum Gasteiger partial charge on any atom is -0.295 e. The Morgan fingerprint density at radius 2 is 2.07 bits per heavy atom. The third-order valence-electron chi connectivity index (χ3n) is 2.27. The second kappa shape index (κ2) is 3.54. The van der Waals surface area contributed by atoms with Crippen LogP contribution in [0.15, 0.2) is 48.5 Å². The SMILES string of the molecule is CC(=O)c1cccc(-c2ccc[cH-]2)c1. The van der Waals surface area contributed by atoms with E-state index in [1.54, 1.807) is 6.92 Å². The summed E-state index contributed by atoms with van der Waals surface area (Å²) in [5.74, 6) is 0.110. The summed E-state index contributed by atoms with van der Waals surface area (Å²) in [6, 6.07) is 15.8. The van der Waals surface area contributed by atoms with Crippen molar-refractivity contribution in [3.63, 3.8) is 0 Å². The van der Waals surface area contributed by atoms with Crippen LogP contribution in [-0.4, -0.2) is 5.78 Å². The maximum Gasteiger partial charge on any atom is 0.159 e. The van der Waals surface area contributed by atoms with Crippen LogP contribution in [0.3, 0.4) is 0 Å². The van der Waals surface area contributed by atoms with E-state index in [2.05, 4.69) is 0 Å². The number of carbonyl (C=O) groups is 1. The first kappa shape index (κ1) is 8.82. The Morgan fingerprint density at radius 3 is 2.71 bits per heavy atom. The van der Waals surface area contributed by atoms with Crippen LogP contribution in [0.4, 0.5) is 0 Å². The van der Waals surface area contributed by atoms with Gasteiger partial charge in [-0.3, -0.25) is 4.79 Å². The minimum atomic E-state index is 0.110. The third kappa shape index (κ3) is 1.62.